The van der Waals surface area contributed by atoms with E-state index in [4.69, 9.17) is 9.26 Å². The highest BCUT2D eigenvalue weighted by Gasteiger charge is 2.25. The monoisotopic (exact) mass is 308 g/mol. The number of hydrogen-bond donors (Lipinski definition) is 0. The molecule has 0 amide bonds. The molecule has 0 radical (unpaired) electrons. The molecule has 3 heterocycles. The van der Waals surface area contributed by atoms with E-state index in [1.807, 2.05) is 20.8 Å². The maximum atomic E-state index is 5.83. The fourth-order valence-electron chi connectivity index (χ4n) is 2.28. The summed E-state index contributed by atoms with van der Waals surface area (Å²) in [5.41, 5.74) is 1.05. The highest BCUT2D eigenvalue weighted by Crippen LogP contribution is 2.25. The molecule has 2 aromatic heterocycles. The lowest BCUT2D eigenvalue weighted by Crippen LogP contribution is -2.38. The van der Waals surface area contributed by atoms with Crippen molar-refractivity contribution in [2.24, 2.45) is 0 Å². The van der Waals surface area contributed by atoms with E-state index in [0.717, 1.165) is 29.6 Å². The van der Waals surface area contributed by atoms with Crippen molar-refractivity contribution in [2.45, 2.75) is 39.3 Å². The summed E-state index contributed by atoms with van der Waals surface area (Å²) in [5.74, 6) is 1.71. The van der Waals surface area contributed by atoms with Gasteiger partial charge >= 0.3 is 0 Å². The molecule has 1 atom stereocenters. The van der Waals surface area contributed by atoms with Crippen molar-refractivity contribution in [1.82, 2.24) is 20.0 Å². The fourth-order valence-corrected chi connectivity index (χ4v) is 3.12. The first-order valence-corrected chi connectivity index (χ1v) is 8.08. The van der Waals surface area contributed by atoms with Gasteiger partial charge in [0, 0.05) is 30.1 Å². The lowest BCUT2D eigenvalue weighted by molar-refractivity contribution is -0.0339. The second-order valence-electron chi connectivity index (χ2n) is 5.63. The Morgan fingerprint density at radius 1 is 1.43 bits per heavy atom. The Labute approximate surface area is 128 Å². The van der Waals surface area contributed by atoms with Gasteiger partial charge in [-0.05, 0) is 6.92 Å². The Kier molecular flexibility index (Phi) is 4.32. The van der Waals surface area contributed by atoms with Gasteiger partial charge in [-0.2, -0.15) is 4.98 Å². The molecule has 2 aromatic rings. The Bertz CT molecular complexity index is 595. The van der Waals surface area contributed by atoms with E-state index in [9.17, 15) is 0 Å². The van der Waals surface area contributed by atoms with Crippen LogP contribution < -0.4 is 0 Å². The van der Waals surface area contributed by atoms with Crippen molar-refractivity contribution in [3.05, 3.63) is 27.8 Å². The molecule has 0 N–H and O–H groups in total. The Balaban J connectivity index is 1.63. The number of ether oxygens (including phenoxy) is 1. The highest BCUT2D eigenvalue weighted by molar-refractivity contribution is 7.09. The van der Waals surface area contributed by atoms with Crippen molar-refractivity contribution in [2.75, 3.05) is 19.7 Å². The minimum atomic E-state index is 0.0499. The maximum Gasteiger partial charge on any atom is 0.229 e. The zero-order chi connectivity index (χ0) is 14.8. The molecule has 0 spiro atoms. The van der Waals surface area contributed by atoms with Crippen LogP contribution in [0.25, 0.3) is 0 Å². The van der Waals surface area contributed by atoms with Crippen LogP contribution in [0.3, 0.4) is 0 Å². The molecule has 1 aliphatic rings. The van der Waals surface area contributed by atoms with E-state index in [-0.39, 0.29) is 12.0 Å². The molecule has 21 heavy (non-hydrogen) atoms. The van der Waals surface area contributed by atoms with E-state index < -0.39 is 0 Å². The second kappa shape index (κ2) is 6.21. The molecule has 0 bridgehead atoms. The van der Waals surface area contributed by atoms with Crippen molar-refractivity contribution in [1.29, 1.82) is 0 Å². The van der Waals surface area contributed by atoms with Gasteiger partial charge in [0.15, 0.2) is 5.82 Å². The molecule has 1 aliphatic heterocycles. The highest BCUT2D eigenvalue weighted by atomic mass is 32.1. The predicted molar refractivity (Wildman–Crippen MR) is 79.2 cm³/mol. The molecule has 0 aromatic carbocycles. The first-order valence-electron chi connectivity index (χ1n) is 7.20. The van der Waals surface area contributed by atoms with E-state index in [1.54, 1.807) is 11.3 Å². The molecule has 1 unspecified atom stereocenters. The number of morpholine rings is 1. The summed E-state index contributed by atoms with van der Waals surface area (Å²) in [7, 11) is 0. The number of rotatable bonds is 4. The van der Waals surface area contributed by atoms with Gasteiger partial charge in [-0.3, -0.25) is 4.90 Å². The molecule has 7 heteroatoms. The van der Waals surface area contributed by atoms with Crippen LogP contribution in [-0.4, -0.2) is 39.7 Å². The van der Waals surface area contributed by atoms with Crippen molar-refractivity contribution in [3.8, 4) is 0 Å². The van der Waals surface area contributed by atoms with Crippen LogP contribution in [0.4, 0.5) is 0 Å². The van der Waals surface area contributed by atoms with Crippen LogP contribution in [-0.2, 0) is 11.3 Å². The number of thiazole rings is 1. The minimum absolute atomic E-state index is 0.0499. The van der Waals surface area contributed by atoms with E-state index in [0.29, 0.717) is 19.0 Å². The summed E-state index contributed by atoms with van der Waals surface area (Å²) in [5, 5.41) is 7.16. The zero-order valence-corrected chi connectivity index (χ0v) is 13.4. The lowest BCUT2D eigenvalue weighted by Gasteiger charge is -2.30. The standard InChI is InChI=1S/C14H20N4O2S/c1-9(2)13-16-12(17-20-13)7-18-4-5-19-11(6-18)14-15-10(3)8-21-14/h8-9,11H,4-7H2,1-3H3. The number of aromatic nitrogens is 3. The topological polar surface area (TPSA) is 64.3 Å². The second-order valence-corrected chi connectivity index (χ2v) is 6.51. The molecule has 1 fully saturated rings. The molecule has 0 saturated carbocycles. The Hall–Kier alpha value is -1.31. The maximum absolute atomic E-state index is 5.83. The zero-order valence-electron chi connectivity index (χ0n) is 12.6. The third-order valence-corrected chi connectivity index (χ3v) is 4.46. The van der Waals surface area contributed by atoms with Gasteiger partial charge < -0.3 is 9.26 Å². The summed E-state index contributed by atoms with van der Waals surface area (Å²) in [6, 6.07) is 0. The summed E-state index contributed by atoms with van der Waals surface area (Å²) in [6.07, 6.45) is 0.0499. The predicted octanol–water partition coefficient (Wildman–Crippen LogP) is 2.53. The normalized spacial score (nSPS) is 20.3. The molecule has 114 valence electrons. The Morgan fingerprint density at radius 2 is 2.29 bits per heavy atom. The summed E-state index contributed by atoms with van der Waals surface area (Å²) in [6.45, 7) is 9.20. The van der Waals surface area contributed by atoms with Crippen LogP contribution in [0.2, 0.25) is 0 Å². The largest absolute Gasteiger partial charge is 0.368 e. The van der Waals surface area contributed by atoms with Crippen molar-refractivity contribution >= 4 is 11.3 Å². The van der Waals surface area contributed by atoms with E-state index >= 15 is 0 Å². The van der Waals surface area contributed by atoms with Crippen LogP contribution in [0.5, 0.6) is 0 Å². The van der Waals surface area contributed by atoms with Gasteiger partial charge in [0.05, 0.1) is 13.2 Å². The van der Waals surface area contributed by atoms with Gasteiger partial charge in [0.25, 0.3) is 0 Å². The first-order chi connectivity index (χ1) is 10.1. The average Bonchev–Trinajstić information content (AvgIpc) is 3.08. The fraction of sp³-hybridized carbons (Fsp3) is 0.643. The van der Waals surface area contributed by atoms with Crippen LogP contribution in [0.15, 0.2) is 9.90 Å². The van der Waals surface area contributed by atoms with Crippen molar-refractivity contribution in [3.63, 3.8) is 0 Å². The summed E-state index contributed by atoms with van der Waals surface area (Å²) in [4.78, 5) is 11.2. The van der Waals surface area contributed by atoms with Crippen LogP contribution in [0, 0.1) is 6.92 Å². The van der Waals surface area contributed by atoms with Gasteiger partial charge in [-0.15, -0.1) is 11.3 Å². The van der Waals surface area contributed by atoms with Gasteiger partial charge in [0.1, 0.15) is 11.1 Å². The molecule has 0 aliphatic carbocycles. The number of hydrogen-bond acceptors (Lipinski definition) is 7. The van der Waals surface area contributed by atoms with Gasteiger partial charge in [-0.25, -0.2) is 4.98 Å². The Morgan fingerprint density at radius 3 is 2.95 bits per heavy atom. The number of aryl methyl sites for hydroxylation is 1. The van der Waals surface area contributed by atoms with Gasteiger partial charge in [-0.1, -0.05) is 19.0 Å². The first kappa shape index (κ1) is 14.6. The lowest BCUT2D eigenvalue weighted by atomic mass is 10.2. The SMILES string of the molecule is Cc1csc(C2CN(Cc3noc(C(C)C)n3)CCO2)n1. The molecule has 1 saturated heterocycles. The molecule has 6 nitrogen and oxygen atoms in total. The van der Waals surface area contributed by atoms with Crippen LogP contribution >= 0.6 is 11.3 Å². The quantitative estimate of drug-likeness (QED) is 0.865. The van der Waals surface area contributed by atoms with Gasteiger partial charge in [0.2, 0.25) is 5.89 Å². The molecular formula is C14H20N4O2S. The van der Waals surface area contributed by atoms with Crippen molar-refractivity contribution < 1.29 is 9.26 Å². The minimum Gasteiger partial charge on any atom is -0.368 e. The molecular weight excluding hydrogens is 288 g/mol. The van der Waals surface area contributed by atoms with Crippen LogP contribution in [0.1, 0.15) is 48.3 Å². The third kappa shape index (κ3) is 3.48. The molecule has 3 rings (SSSR count). The smallest absolute Gasteiger partial charge is 0.229 e. The van der Waals surface area contributed by atoms with E-state index in [2.05, 4.69) is 25.4 Å². The summed E-state index contributed by atoms with van der Waals surface area (Å²) >= 11 is 1.66. The third-order valence-electron chi connectivity index (χ3n) is 3.41. The summed E-state index contributed by atoms with van der Waals surface area (Å²) < 4.78 is 11.1. The average molecular weight is 308 g/mol. The van der Waals surface area contributed by atoms with E-state index in [1.165, 1.54) is 0 Å². The number of nitrogens with zero attached hydrogens (tertiary/aromatic N) is 4.